The molecule has 7 heteroatoms. The second-order valence-electron chi connectivity index (χ2n) is 5.68. The van der Waals surface area contributed by atoms with Crippen LogP contribution in [-0.2, 0) is 4.79 Å². The first-order chi connectivity index (χ1) is 12.1. The van der Waals surface area contributed by atoms with Gasteiger partial charge >= 0.3 is 0 Å². The van der Waals surface area contributed by atoms with E-state index in [0.29, 0.717) is 5.75 Å². The zero-order valence-corrected chi connectivity index (χ0v) is 16.2. The van der Waals surface area contributed by atoms with Crippen molar-refractivity contribution in [1.82, 2.24) is 19.7 Å². The van der Waals surface area contributed by atoms with Crippen LogP contribution in [-0.4, -0.2) is 51.5 Å². The van der Waals surface area contributed by atoms with Gasteiger partial charge in [0.05, 0.1) is 12.9 Å². The van der Waals surface area contributed by atoms with Crippen molar-refractivity contribution in [3.05, 3.63) is 30.1 Å². The van der Waals surface area contributed by atoms with Gasteiger partial charge in [-0.1, -0.05) is 25.1 Å². The van der Waals surface area contributed by atoms with Crippen LogP contribution in [0.3, 0.4) is 0 Å². The second-order valence-corrected chi connectivity index (χ2v) is 6.62. The second kappa shape index (κ2) is 9.46. The lowest BCUT2D eigenvalue weighted by molar-refractivity contribution is -0.128. The van der Waals surface area contributed by atoms with E-state index in [1.165, 1.54) is 11.8 Å². The minimum Gasteiger partial charge on any atom is -0.497 e. The molecule has 0 aliphatic rings. The summed E-state index contributed by atoms with van der Waals surface area (Å²) in [6.07, 6.45) is 2.12. The molecule has 0 spiro atoms. The zero-order valence-electron chi connectivity index (χ0n) is 15.4. The number of hydrogen-bond donors (Lipinski definition) is 0. The maximum Gasteiger partial charge on any atom is 0.233 e. The summed E-state index contributed by atoms with van der Waals surface area (Å²) >= 11 is 1.42. The minimum atomic E-state index is 0.142. The molecule has 0 unspecified atom stereocenters. The number of ether oxygens (including phenoxy) is 1. The van der Waals surface area contributed by atoms with Gasteiger partial charge in [0.15, 0.2) is 5.16 Å². The van der Waals surface area contributed by atoms with E-state index in [4.69, 9.17) is 4.74 Å². The van der Waals surface area contributed by atoms with Crippen molar-refractivity contribution in [3.8, 4) is 11.4 Å². The van der Waals surface area contributed by atoms with Gasteiger partial charge in [-0.05, 0) is 44.5 Å². The molecule has 2 rings (SSSR count). The van der Waals surface area contributed by atoms with Crippen LogP contribution >= 0.6 is 11.8 Å². The molecule has 136 valence electrons. The number of amides is 1. The van der Waals surface area contributed by atoms with E-state index in [1.807, 2.05) is 47.6 Å². The van der Waals surface area contributed by atoms with Crippen molar-refractivity contribution in [1.29, 1.82) is 0 Å². The fraction of sp³-hybridized carbons (Fsp3) is 0.500. The maximum atomic E-state index is 12.4. The van der Waals surface area contributed by atoms with E-state index < -0.39 is 0 Å². The minimum absolute atomic E-state index is 0.142. The Morgan fingerprint density at radius 2 is 1.96 bits per heavy atom. The monoisotopic (exact) mass is 362 g/mol. The molecule has 1 amide bonds. The molecule has 0 fully saturated rings. The Labute approximate surface area is 153 Å². The number of hydrogen-bond acceptors (Lipinski definition) is 5. The molecule has 0 aliphatic heterocycles. The quantitative estimate of drug-likeness (QED) is 0.641. The molecule has 1 aromatic carbocycles. The summed E-state index contributed by atoms with van der Waals surface area (Å²) in [7, 11) is 1.64. The number of rotatable bonds is 9. The number of nitrogens with zero attached hydrogens (tertiary/aromatic N) is 4. The highest BCUT2D eigenvalue weighted by atomic mass is 32.2. The van der Waals surface area contributed by atoms with Gasteiger partial charge in [-0.15, -0.1) is 10.2 Å². The average molecular weight is 362 g/mol. The van der Waals surface area contributed by atoms with Crippen LogP contribution in [0.2, 0.25) is 0 Å². The van der Waals surface area contributed by atoms with E-state index in [2.05, 4.69) is 17.1 Å². The van der Waals surface area contributed by atoms with Gasteiger partial charge < -0.3 is 9.64 Å². The maximum absolute atomic E-state index is 12.4. The first kappa shape index (κ1) is 19.3. The molecular formula is C18H26N4O2S. The van der Waals surface area contributed by atoms with Crippen LogP contribution in [0, 0.1) is 6.92 Å². The molecule has 25 heavy (non-hydrogen) atoms. The van der Waals surface area contributed by atoms with Crippen molar-refractivity contribution < 1.29 is 9.53 Å². The molecule has 0 aliphatic carbocycles. The highest BCUT2D eigenvalue weighted by molar-refractivity contribution is 7.99. The third-order valence-electron chi connectivity index (χ3n) is 3.97. The van der Waals surface area contributed by atoms with Crippen molar-refractivity contribution in [2.75, 3.05) is 26.0 Å². The van der Waals surface area contributed by atoms with Crippen LogP contribution in [0.25, 0.3) is 5.69 Å². The average Bonchev–Trinajstić information content (AvgIpc) is 3.01. The Morgan fingerprint density at radius 1 is 1.24 bits per heavy atom. The van der Waals surface area contributed by atoms with Crippen molar-refractivity contribution >= 4 is 17.7 Å². The molecular weight excluding hydrogens is 336 g/mol. The molecule has 6 nitrogen and oxygen atoms in total. The Balaban J connectivity index is 2.09. The third-order valence-corrected chi connectivity index (χ3v) is 4.88. The van der Waals surface area contributed by atoms with Crippen LogP contribution in [0.1, 0.15) is 32.5 Å². The van der Waals surface area contributed by atoms with Gasteiger partial charge in [-0.3, -0.25) is 9.36 Å². The SMILES string of the molecule is CCCCN(CC)C(=O)CSc1nnc(C)n1-c1ccc(OC)cc1. The van der Waals surface area contributed by atoms with Crippen molar-refractivity contribution in [2.24, 2.45) is 0 Å². The number of methoxy groups -OCH3 is 1. The predicted octanol–water partition coefficient (Wildman–Crippen LogP) is 3.33. The number of thioether (sulfide) groups is 1. The summed E-state index contributed by atoms with van der Waals surface area (Å²) in [4.78, 5) is 14.3. The summed E-state index contributed by atoms with van der Waals surface area (Å²) < 4.78 is 7.16. The Hall–Kier alpha value is -2.02. The van der Waals surface area contributed by atoms with Gasteiger partial charge in [-0.25, -0.2) is 0 Å². The molecule has 0 saturated heterocycles. The zero-order chi connectivity index (χ0) is 18.2. The summed E-state index contributed by atoms with van der Waals surface area (Å²) in [5.74, 6) is 2.10. The lowest BCUT2D eigenvalue weighted by Gasteiger charge is -2.20. The van der Waals surface area contributed by atoms with Crippen LogP contribution in [0.4, 0.5) is 0 Å². The van der Waals surface area contributed by atoms with Crippen molar-refractivity contribution in [2.45, 2.75) is 38.8 Å². The highest BCUT2D eigenvalue weighted by Gasteiger charge is 2.16. The largest absolute Gasteiger partial charge is 0.497 e. The van der Waals surface area contributed by atoms with Crippen LogP contribution in [0.5, 0.6) is 5.75 Å². The predicted molar refractivity (Wildman–Crippen MR) is 101 cm³/mol. The molecule has 1 heterocycles. The highest BCUT2D eigenvalue weighted by Crippen LogP contribution is 2.23. The van der Waals surface area contributed by atoms with Gasteiger partial charge in [0, 0.05) is 18.8 Å². The molecule has 2 aromatic rings. The molecule has 0 radical (unpaired) electrons. The van der Waals surface area contributed by atoms with E-state index in [0.717, 1.165) is 48.3 Å². The van der Waals surface area contributed by atoms with E-state index in [-0.39, 0.29) is 5.91 Å². The summed E-state index contributed by atoms with van der Waals surface area (Å²) in [5.41, 5.74) is 0.955. The lowest BCUT2D eigenvalue weighted by Crippen LogP contribution is -2.33. The number of aromatic nitrogens is 3. The number of aryl methyl sites for hydroxylation is 1. The standard InChI is InChI=1S/C18H26N4O2S/c1-5-7-12-21(6-2)17(23)13-25-18-20-19-14(3)22(18)15-8-10-16(24-4)11-9-15/h8-11H,5-7,12-13H2,1-4H3. The normalized spacial score (nSPS) is 10.7. The topological polar surface area (TPSA) is 60.2 Å². The number of carbonyl (C=O) groups excluding carboxylic acids is 1. The van der Waals surface area contributed by atoms with Crippen LogP contribution in [0.15, 0.2) is 29.4 Å². The van der Waals surface area contributed by atoms with E-state index in [9.17, 15) is 4.79 Å². The molecule has 0 bridgehead atoms. The van der Waals surface area contributed by atoms with Gasteiger partial charge in [0.2, 0.25) is 5.91 Å². The van der Waals surface area contributed by atoms with Gasteiger partial charge in [0.25, 0.3) is 0 Å². The fourth-order valence-corrected chi connectivity index (χ4v) is 3.39. The van der Waals surface area contributed by atoms with E-state index in [1.54, 1.807) is 7.11 Å². The Morgan fingerprint density at radius 3 is 2.56 bits per heavy atom. The van der Waals surface area contributed by atoms with Crippen molar-refractivity contribution in [3.63, 3.8) is 0 Å². The summed E-state index contributed by atoms with van der Waals surface area (Å²) in [6.45, 7) is 7.61. The van der Waals surface area contributed by atoms with Gasteiger partial charge in [-0.2, -0.15) is 0 Å². The number of benzene rings is 1. The number of carbonyl (C=O) groups is 1. The Kier molecular flexibility index (Phi) is 7.31. The molecule has 0 saturated carbocycles. The molecule has 0 N–H and O–H groups in total. The lowest BCUT2D eigenvalue weighted by atomic mass is 10.3. The third kappa shape index (κ3) is 4.98. The fourth-order valence-electron chi connectivity index (χ4n) is 2.49. The Bertz CT molecular complexity index is 685. The molecule has 1 aromatic heterocycles. The smallest absolute Gasteiger partial charge is 0.233 e. The van der Waals surface area contributed by atoms with Crippen LogP contribution < -0.4 is 4.74 Å². The van der Waals surface area contributed by atoms with Gasteiger partial charge in [0.1, 0.15) is 11.6 Å². The first-order valence-corrected chi connectivity index (χ1v) is 9.56. The number of unbranched alkanes of at least 4 members (excludes halogenated alkanes) is 1. The molecule has 0 atom stereocenters. The van der Waals surface area contributed by atoms with E-state index >= 15 is 0 Å². The first-order valence-electron chi connectivity index (χ1n) is 8.57. The summed E-state index contributed by atoms with van der Waals surface area (Å²) in [5, 5.41) is 9.12. The summed E-state index contributed by atoms with van der Waals surface area (Å²) in [6, 6.07) is 7.72.